The zero-order valence-electron chi connectivity index (χ0n) is 18.8. The highest BCUT2D eigenvalue weighted by atomic mass is 32.1. The average Bonchev–Trinajstić information content (AvgIpc) is 3.30. The molecular weight excluding hydrogens is 404 g/mol. The predicted octanol–water partition coefficient (Wildman–Crippen LogP) is 4.46. The minimum atomic E-state index is -0.403. The lowest BCUT2D eigenvalue weighted by molar-refractivity contribution is -0.118. The van der Waals surface area contributed by atoms with E-state index in [1.807, 2.05) is 20.8 Å². The molecule has 9 heteroatoms. The second kappa shape index (κ2) is 10.7. The quantitative estimate of drug-likeness (QED) is 0.400. The lowest BCUT2D eigenvalue weighted by atomic mass is 9.96. The van der Waals surface area contributed by atoms with E-state index in [-0.39, 0.29) is 17.7 Å². The van der Waals surface area contributed by atoms with Crippen molar-refractivity contribution < 1.29 is 18.8 Å². The number of carbonyl (C=O) groups is 2. The van der Waals surface area contributed by atoms with Crippen LogP contribution in [0.4, 0.5) is 5.13 Å². The second-order valence-electron chi connectivity index (χ2n) is 8.15. The van der Waals surface area contributed by atoms with Crippen LogP contribution in [0.15, 0.2) is 4.52 Å². The smallest absolute Gasteiger partial charge is 0.350 e. The molecule has 0 saturated carbocycles. The van der Waals surface area contributed by atoms with Gasteiger partial charge in [0.15, 0.2) is 11.0 Å². The first-order chi connectivity index (χ1) is 14.2. The Balaban J connectivity index is 2.13. The van der Waals surface area contributed by atoms with E-state index >= 15 is 0 Å². The van der Waals surface area contributed by atoms with Crippen molar-refractivity contribution in [2.75, 3.05) is 18.1 Å². The molecule has 0 unspecified atom stereocenters. The molecule has 0 fully saturated rings. The number of anilines is 1. The number of nitrogens with zero attached hydrogens (tertiary/aromatic N) is 4. The molecule has 0 radical (unpaired) electrons. The van der Waals surface area contributed by atoms with Gasteiger partial charge in [0.25, 0.3) is 0 Å². The summed E-state index contributed by atoms with van der Waals surface area (Å²) in [5.74, 6) is 0.592. The standard InChI is InChI=1S/C21H32N4O4S/c1-7-9-10-13-25(20-22-14(3)17(30-20)18(27)28-8-2)16(26)12-11-15-23-19(24-29-15)21(4,5)6/h7-13H2,1-6H3. The van der Waals surface area contributed by atoms with Gasteiger partial charge in [-0.25, -0.2) is 9.78 Å². The highest BCUT2D eigenvalue weighted by molar-refractivity contribution is 7.17. The lowest BCUT2D eigenvalue weighted by Gasteiger charge is -2.19. The number of thiazole rings is 1. The van der Waals surface area contributed by atoms with Crippen LogP contribution in [0.1, 0.15) is 87.4 Å². The number of hydrogen-bond donors (Lipinski definition) is 0. The van der Waals surface area contributed by atoms with Crippen molar-refractivity contribution in [1.29, 1.82) is 0 Å². The van der Waals surface area contributed by atoms with E-state index in [0.29, 0.717) is 47.0 Å². The van der Waals surface area contributed by atoms with Gasteiger partial charge in [0.05, 0.1) is 12.3 Å². The molecule has 1 amide bonds. The monoisotopic (exact) mass is 436 g/mol. The van der Waals surface area contributed by atoms with Crippen molar-refractivity contribution in [1.82, 2.24) is 15.1 Å². The maximum atomic E-state index is 13.0. The fourth-order valence-electron chi connectivity index (χ4n) is 2.74. The van der Waals surface area contributed by atoms with Crippen molar-refractivity contribution in [2.45, 2.75) is 79.1 Å². The maximum absolute atomic E-state index is 13.0. The number of rotatable bonds is 10. The van der Waals surface area contributed by atoms with Gasteiger partial charge in [0.1, 0.15) is 4.88 Å². The van der Waals surface area contributed by atoms with Gasteiger partial charge in [0.2, 0.25) is 11.8 Å². The molecule has 0 aromatic carbocycles. The molecule has 0 aliphatic carbocycles. The van der Waals surface area contributed by atoms with Crippen LogP contribution in [0.25, 0.3) is 0 Å². The Hall–Kier alpha value is -2.29. The van der Waals surface area contributed by atoms with Gasteiger partial charge < -0.3 is 9.26 Å². The van der Waals surface area contributed by atoms with E-state index < -0.39 is 5.97 Å². The van der Waals surface area contributed by atoms with Crippen LogP contribution < -0.4 is 4.90 Å². The van der Waals surface area contributed by atoms with Crippen LogP contribution in [0, 0.1) is 6.92 Å². The molecule has 2 heterocycles. The van der Waals surface area contributed by atoms with Crippen molar-refractivity contribution in [3.63, 3.8) is 0 Å². The molecular formula is C21H32N4O4S. The van der Waals surface area contributed by atoms with E-state index in [1.54, 1.807) is 18.7 Å². The first-order valence-corrected chi connectivity index (χ1v) is 11.3. The fourth-order valence-corrected chi connectivity index (χ4v) is 3.74. The maximum Gasteiger partial charge on any atom is 0.350 e. The highest BCUT2D eigenvalue weighted by Crippen LogP contribution is 2.28. The first kappa shape index (κ1) is 24.0. The zero-order valence-corrected chi connectivity index (χ0v) is 19.6. The van der Waals surface area contributed by atoms with Crippen molar-refractivity contribution >= 4 is 28.3 Å². The number of amides is 1. The van der Waals surface area contributed by atoms with Gasteiger partial charge in [-0.3, -0.25) is 9.69 Å². The molecule has 8 nitrogen and oxygen atoms in total. The van der Waals surface area contributed by atoms with Crippen LogP contribution in [0.3, 0.4) is 0 Å². The zero-order chi connectivity index (χ0) is 22.3. The number of aromatic nitrogens is 3. The minimum absolute atomic E-state index is 0.0780. The summed E-state index contributed by atoms with van der Waals surface area (Å²) in [6.45, 7) is 12.5. The number of hydrogen-bond acceptors (Lipinski definition) is 8. The molecule has 166 valence electrons. The number of ether oxygens (including phenoxy) is 1. The molecule has 30 heavy (non-hydrogen) atoms. The van der Waals surface area contributed by atoms with Crippen LogP contribution in [0.5, 0.6) is 0 Å². The van der Waals surface area contributed by atoms with E-state index in [2.05, 4.69) is 22.0 Å². The molecule has 0 aliphatic rings. The second-order valence-corrected chi connectivity index (χ2v) is 9.12. The molecule has 0 saturated heterocycles. The Kier molecular flexibility index (Phi) is 8.52. The molecule has 0 atom stereocenters. The Labute approximate surface area is 182 Å². The fraction of sp³-hybridized carbons (Fsp3) is 0.667. The normalized spacial score (nSPS) is 11.5. The van der Waals surface area contributed by atoms with Crippen molar-refractivity contribution in [3.8, 4) is 0 Å². The summed E-state index contributed by atoms with van der Waals surface area (Å²) in [4.78, 5) is 36.1. The van der Waals surface area contributed by atoms with Crippen molar-refractivity contribution in [2.24, 2.45) is 0 Å². The third-order valence-electron chi connectivity index (χ3n) is 4.46. The lowest BCUT2D eigenvalue weighted by Crippen LogP contribution is -2.32. The van der Waals surface area contributed by atoms with Crippen LogP contribution >= 0.6 is 11.3 Å². The SMILES string of the molecule is CCCCCN(C(=O)CCc1nc(C(C)(C)C)no1)c1nc(C)c(C(=O)OCC)s1. The molecule has 2 aromatic heterocycles. The van der Waals surface area contributed by atoms with E-state index in [0.717, 1.165) is 19.3 Å². The molecule has 0 bridgehead atoms. The summed E-state index contributed by atoms with van der Waals surface area (Å²) in [5, 5.41) is 4.53. The summed E-state index contributed by atoms with van der Waals surface area (Å²) in [6, 6.07) is 0. The highest BCUT2D eigenvalue weighted by Gasteiger charge is 2.25. The Morgan fingerprint density at radius 2 is 1.90 bits per heavy atom. The van der Waals surface area contributed by atoms with Crippen LogP contribution in [-0.2, 0) is 21.4 Å². The predicted molar refractivity (Wildman–Crippen MR) is 116 cm³/mol. The topological polar surface area (TPSA) is 98.4 Å². The number of carbonyl (C=O) groups excluding carboxylic acids is 2. The summed E-state index contributed by atoms with van der Waals surface area (Å²) in [5.41, 5.74) is 0.369. The van der Waals surface area contributed by atoms with Crippen molar-refractivity contribution in [3.05, 3.63) is 22.3 Å². The third kappa shape index (κ3) is 6.35. The van der Waals surface area contributed by atoms with E-state index in [4.69, 9.17) is 9.26 Å². The molecule has 0 N–H and O–H groups in total. The minimum Gasteiger partial charge on any atom is -0.462 e. The van der Waals surface area contributed by atoms with E-state index in [1.165, 1.54) is 11.3 Å². The van der Waals surface area contributed by atoms with Gasteiger partial charge in [-0.05, 0) is 20.3 Å². The van der Waals surface area contributed by atoms with Gasteiger partial charge in [0, 0.05) is 24.8 Å². The van der Waals surface area contributed by atoms with Crippen LogP contribution in [-0.4, -0.2) is 40.2 Å². The average molecular weight is 437 g/mol. The van der Waals surface area contributed by atoms with Gasteiger partial charge in [-0.1, -0.05) is 57.0 Å². The molecule has 0 spiro atoms. The van der Waals surface area contributed by atoms with Gasteiger partial charge in [-0.2, -0.15) is 4.98 Å². The van der Waals surface area contributed by atoms with E-state index in [9.17, 15) is 9.59 Å². The number of esters is 1. The van der Waals surface area contributed by atoms with Crippen LogP contribution in [0.2, 0.25) is 0 Å². The largest absolute Gasteiger partial charge is 0.462 e. The molecule has 2 aromatic rings. The summed E-state index contributed by atoms with van der Waals surface area (Å²) >= 11 is 1.20. The first-order valence-electron chi connectivity index (χ1n) is 10.4. The Morgan fingerprint density at radius 3 is 2.50 bits per heavy atom. The Bertz CT molecular complexity index is 854. The van der Waals surface area contributed by atoms with Gasteiger partial charge >= 0.3 is 5.97 Å². The number of aryl methyl sites for hydroxylation is 2. The summed E-state index contributed by atoms with van der Waals surface area (Å²) in [7, 11) is 0. The summed E-state index contributed by atoms with van der Waals surface area (Å²) in [6.07, 6.45) is 3.51. The third-order valence-corrected chi connectivity index (χ3v) is 5.62. The number of unbranched alkanes of at least 4 members (excludes halogenated alkanes) is 2. The van der Waals surface area contributed by atoms with Gasteiger partial charge in [-0.15, -0.1) is 0 Å². The molecule has 0 aliphatic heterocycles. The summed E-state index contributed by atoms with van der Waals surface area (Å²) < 4.78 is 10.4. The Morgan fingerprint density at radius 1 is 1.17 bits per heavy atom. The molecule has 2 rings (SSSR count).